The van der Waals surface area contributed by atoms with Crippen LogP contribution >= 0.6 is 11.6 Å². The standard InChI is InChI=1S/C15H19ClN6/c1-2-11-10-19-15(17)20-13(11)21-6-8-22(9-7-21)14-12(16)4-3-5-18-14/h3-5,10H,2,6-9H2,1H3,(H2,17,19,20). The van der Waals surface area contributed by atoms with Gasteiger partial charge >= 0.3 is 0 Å². The van der Waals surface area contributed by atoms with Gasteiger partial charge in [0.25, 0.3) is 0 Å². The Kier molecular flexibility index (Phi) is 4.29. The van der Waals surface area contributed by atoms with E-state index in [2.05, 4.69) is 31.7 Å². The summed E-state index contributed by atoms with van der Waals surface area (Å²) in [5.41, 5.74) is 6.86. The summed E-state index contributed by atoms with van der Waals surface area (Å²) in [7, 11) is 0. The molecule has 0 radical (unpaired) electrons. The van der Waals surface area contributed by atoms with Crippen molar-refractivity contribution in [3.05, 3.63) is 35.1 Å². The Morgan fingerprint density at radius 1 is 1.14 bits per heavy atom. The molecule has 0 amide bonds. The number of aryl methyl sites for hydroxylation is 1. The van der Waals surface area contributed by atoms with Gasteiger partial charge in [0.2, 0.25) is 5.95 Å². The first-order valence-electron chi connectivity index (χ1n) is 7.41. The quantitative estimate of drug-likeness (QED) is 0.933. The van der Waals surface area contributed by atoms with Crippen LogP contribution in [0.25, 0.3) is 0 Å². The lowest BCUT2D eigenvalue weighted by molar-refractivity contribution is 0.639. The zero-order chi connectivity index (χ0) is 15.5. The lowest BCUT2D eigenvalue weighted by Gasteiger charge is -2.37. The minimum Gasteiger partial charge on any atom is -0.368 e. The first kappa shape index (κ1) is 14.8. The summed E-state index contributed by atoms with van der Waals surface area (Å²) < 4.78 is 0. The van der Waals surface area contributed by atoms with Crippen LogP contribution in [0.1, 0.15) is 12.5 Å². The van der Waals surface area contributed by atoms with E-state index in [4.69, 9.17) is 17.3 Å². The highest BCUT2D eigenvalue weighted by atomic mass is 35.5. The fourth-order valence-corrected chi connectivity index (χ4v) is 2.92. The second-order valence-electron chi connectivity index (χ2n) is 5.21. The summed E-state index contributed by atoms with van der Waals surface area (Å²) in [6.07, 6.45) is 4.48. The van der Waals surface area contributed by atoms with Gasteiger partial charge in [-0.1, -0.05) is 18.5 Å². The van der Waals surface area contributed by atoms with Gasteiger partial charge in [-0.2, -0.15) is 4.98 Å². The zero-order valence-electron chi connectivity index (χ0n) is 12.5. The predicted molar refractivity (Wildman–Crippen MR) is 89.5 cm³/mol. The van der Waals surface area contributed by atoms with Crippen LogP contribution in [0.4, 0.5) is 17.6 Å². The third kappa shape index (κ3) is 2.92. The zero-order valence-corrected chi connectivity index (χ0v) is 13.3. The fourth-order valence-electron chi connectivity index (χ4n) is 2.67. The van der Waals surface area contributed by atoms with Crippen molar-refractivity contribution < 1.29 is 0 Å². The molecule has 0 bridgehead atoms. The average Bonchev–Trinajstić information content (AvgIpc) is 2.55. The number of rotatable bonds is 3. The van der Waals surface area contributed by atoms with Crippen molar-refractivity contribution in [1.82, 2.24) is 15.0 Å². The Labute approximate surface area is 134 Å². The number of piperazine rings is 1. The van der Waals surface area contributed by atoms with E-state index < -0.39 is 0 Å². The van der Waals surface area contributed by atoms with E-state index >= 15 is 0 Å². The Morgan fingerprint density at radius 3 is 2.45 bits per heavy atom. The highest BCUT2D eigenvalue weighted by molar-refractivity contribution is 6.32. The van der Waals surface area contributed by atoms with E-state index in [0.29, 0.717) is 11.0 Å². The molecule has 0 aliphatic carbocycles. The average molecular weight is 319 g/mol. The van der Waals surface area contributed by atoms with Crippen molar-refractivity contribution in [2.75, 3.05) is 41.7 Å². The number of nitrogens with two attached hydrogens (primary N) is 1. The third-order valence-electron chi connectivity index (χ3n) is 3.86. The lowest BCUT2D eigenvalue weighted by Crippen LogP contribution is -2.47. The van der Waals surface area contributed by atoms with Crippen LogP contribution in [-0.2, 0) is 6.42 Å². The minimum atomic E-state index is 0.322. The summed E-state index contributed by atoms with van der Waals surface area (Å²) in [5.74, 6) is 2.12. The summed E-state index contributed by atoms with van der Waals surface area (Å²) >= 11 is 6.22. The molecule has 7 heteroatoms. The fraction of sp³-hybridized carbons (Fsp3) is 0.400. The molecule has 2 aromatic heterocycles. The van der Waals surface area contributed by atoms with Crippen molar-refractivity contribution in [2.24, 2.45) is 0 Å². The predicted octanol–water partition coefficient (Wildman–Crippen LogP) is 2.00. The first-order valence-corrected chi connectivity index (χ1v) is 7.78. The third-order valence-corrected chi connectivity index (χ3v) is 4.15. The number of hydrogen-bond donors (Lipinski definition) is 1. The van der Waals surface area contributed by atoms with Gasteiger partial charge in [-0.05, 0) is 18.6 Å². The maximum atomic E-state index is 6.22. The van der Waals surface area contributed by atoms with Crippen LogP contribution in [-0.4, -0.2) is 41.1 Å². The molecule has 6 nitrogen and oxygen atoms in total. The van der Waals surface area contributed by atoms with Crippen LogP contribution in [0, 0.1) is 0 Å². The monoisotopic (exact) mass is 318 g/mol. The second kappa shape index (κ2) is 6.36. The van der Waals surface area contributed by atoms with Gasteiger partial charge in [-0.15, -0.1) is 0 Å². The van der Waals surface area contributed by atoms with E-state index in [0.717, 1.165) is 49.8 Å². The van der Waals surface area contributed by atoms with Gasteiger partial charge < -0.3 is 15.5 Å². The highest BCUT2D eigenvalue weighted by Crippen LogP contribution is 2.25. The first-order chi connectivity index (χ1) is 10.7. The number of pyridine rings is 1. The topological polar surface area (TPSA) is 71.2 Å². The number of hydrogen-bond acceptors (Lipinski definition) is 6. The van der Waals surface area contributed by atoms with Crippen LogP contribution in [0.5, 0.6) is 0 Å². The highest BCUT2D eigenvalue weighted by Gasteiger charge is 2.22. The van der Waals surface area contributed by atoms with E-state index in [1.165, 1.54) is 0 Å². The normalized spacial score (nSPS) is 15.2. The van der Waals surface area contributed by atoms with Crippen LogP contribution in [0.15, 0.2) is 24.5 Å². The van der Waals surface area contributed by atoms with Crippen molar-refractivity contribution in [1.29, 1.82) is 0 Å². The molecule has 3 heterocycles. The van der Waals surface area contributed by atoms with Gasteiger partial charge in [-0.3, -0.25) is 0 Å². The van der Waals surface area contributed by atoms with E-state index in [1.807, 2.05) is 18.3 Å². The van der Waals surface area contributed by atoms with E-state index in [-0.39, 0.29) is 0 Å². The number of nitrogens with zero attached hydrogens (tertiary/aromatic N) is 5. The number of anilines is 3. The van der Waals surface area contributed by atoms with Gasteiger partial charge in [-0.25, -0.2) is 9.97 Å². The molecule has 0 atom stereocenters. The van der Waals surface area contributed by atoms with Gasteiger partial charge in [0.15, 0.2) is 0 Å². The van der Waals surface area contributed by atoms with Gasteiger partial charge in [0, 0.05) is 44.1 Å². The Morgan fingerprint density at radius 2 is 1.82 bits per heavy atom. The Hall–Kier alpha value is -2.08. The molecule has 2 aromatic rings. The maximum absolute atomic E-state index is 6.22. The van der Waals surface area contributed by atoms with E-state index in [9.17, 15) is 0 Å². The van der Waals surface area contributed by atoms with Gasteiger partial charge in [0.1, 0.15) is 11.6 Å². The maximum Gasteiger partial charge on any atom is 0.221 e. The molecule has 1 aliphatic heterocycles. The van der Waals surface area contributed by atoms with Crippen molar-refractivity contribution in [3.63, 3.8) is 0 Å². The van der Waals surface area contributed by atoms with Crippen molar-refractivity contribution >= 4 is 29.2 Å². The molecule has 3 rings (SSSR count). The van der Waals surface area contributed by atoms with Crippen molar-refractivity contribution in [2.45, 2.75) is 13.3 Å². The Bertz CT molecular complexity index is 654. The number of halogens is 1. The molecule has 0 saturated carbocycles. The van der Waals surface area contributed by atoms with Gasteiger partial charge in [0.05, 0.1) is 5.02 Å². The van der Waals surface area contributed by atoms with Crippen LogP contribution in [0.2, 0.25) is 5.02 Å². The summed E-state index contributed by atoms with van der Waals surface area (Å²) in [4.78, 5) is 17.3. The molecule has 0 aromatic carbocycles. The molecule has 116 valence electrons. The second-order valence-corrected chi connectivity index (χ2v) is 5.62. The van der Waals surface area contributed by atoms with E-state index in [1.54, 1.807) is 6.20 Å². The molecule has 0 unspecified atom stereocenters. The van der Waals surface area contributed by atoms with Crippen LogP contribution in [0.3, 0.4) is 0 Å². The SMILES string of the molecule is CCc1cnc(N)nc1N1CCN(c2ncccc2Cl)CC1. The molecule has 22 heavy (non-hydrogen) atoms. The molecular formula is C15H19ClN6. The summed E-state index contributed by atoms with van der Waals surface area (Å²) in [6, 6.07) is 3.72. The molecular weight excluding hydrogens is 300 g/mol. The molecule has 1 aliphatic rings. The molecule has 1 saturated heterocycles. The molecule has 1 fully saturated rings. The minimum absolute atomic E-state index is 0.322. The largest absolute Gasteiger partial charge is 0.368 e. The summed E-state index contributed by atoms with van der Waals surface area (Å²) in [5, 5.41) is 0.691. The molecule has 0 spiro atoms. The number of aromatic nitrogens is 3. The lowest BCUT2D eigenvalue weighted by atomic mass is 10.2. The Balaban J connectivity index is 1.75. The van der Waals surface area contributed by atoms with Crippen LogP contribution < -0.4 is 15.5 Å². The molecule has 2 N–H and O–H groups in total. The van der Waals surface area contributed by atoms with Crippen molar-refractivity contribution in [3.8, 4) is 0 Å². The summed E-state index contributed by atoms with van der Waals surface area (Å²) in [6.45, 7) is 5.52. The number of nitrogen functional groups attached to an aromatic ring is 1. The smallest absolute Gasteiger partial charge is 0.221 e.